The first kappa shape index (κ1) is 15.8. The lowest BCUT2D eigenvalue weighted by Gasteiger charge is -2.38. The lowest BCUT2D eigenvalue weighted by molar-refractivity contribution is -0.118. The first-order chi connectivity index (χ1) is 13.3. The van der Waals surface area contributed by atoms with Crippen LogP contribution < -0.4 is 4.90 Å². The van der Waals surface area contributed by atoms with Gasteiger partial charge in [-0.05, 0) is 28.1 Å². The van der Waals surface area contributed by atoms with Gasteiger partial charge in [0.25, 0.3) is 0 Å². The van der Waals surface area contributed by atoms with Crippen LogP contribution in [-0.4, -0.2) is 5.91 Å². The van der Waals surface area contributed by atoms with Crippen LogP contribution in [0.15, 0.2) is 97.1 Å². The molecule has 0 aromatic heterocycles. The van der Waals surface area contributed by atoms with Crippen LogP contribution in [0.1, 0.15) is 22.7 Å². The second-order valence-electron chi connectivity index (χ2n) is 6.95. The average Bonchev–Trinajstić information content (AvgIpc) is 2.73. The SMILES string of the molecule is O=C1Cc2ccccc2C(c2ccccc2)N1c1cccc2ccccc12. The summed E-state index contributed by atoms with van der Waals surface area (Å²) in [6, 6.07) is 33.0. The van der Waals surface area contributed by atoms with Crippen LogP contribution in [0.4, 0.5) is 5.69 Å². The minimum Gasteiger partial charge on any atom is -0.300 e. The number of rotatable bonds is 2. The van der Waals surface area contributed by atoms with Gasteiger partial charge >= 0.3 is 0 Å². The molecule has 1 aliphatic heterocycles. The van der Waals surface area contributed by atoms with Gasteiger partial charge in [-0.15, -0.1) is 0 Å². The second-order valence-corrected chi connectivity index (χ2v) is 6.95. The second kappa shape index (κ2) is 6.40. The van der Waals surface area contributed by atoms with Gasteiger partial charge in [-0.25, -0.2) is 0 Å². The monoisotopic (exact) mass is 349 g/mol. The highest BCUT2D eigenvalue weighted by atomic mass is 16.2. The first-order valence-electron chi connectivity index (χ1n) is 9.25. The van der Waals surface area contributed by atoms with Crippen molar-refractivity contribution in [3.8, 4) is 0 Å². The van der Waals surface area contributed by atoms with Gasteiger partial charge in [0.15, 0.2) is 0 Å². The quantitative estimate of drug-likeness (QED) is 0.467. The Morgan fingerprint density at radius 1 is 0.704 bits per heavy atom. The van der Waals surface area contributed by atoms with Crippen molar-refractivity contribution >= 4 is 22.4 Å². The molecule has 27 heavy (non-hydrogen) atoms. The van der Waals surface area contributed by atoms with E-state index in [0.717, 1.165) is 27.6 Å². The van der Waals surface area contributed by atoms with Crippen molar-refractivity contribution in [2.75, 3.05) is 4.90 Å². The molecule has 2 heteroatoms. The largest absolute Gasteiger partial charge is 0.300 e. The van der Waals surface area contributed by atoms with E-state index >= 15 is 0 Å². The molecule has 0 saturated carbocycles. The van der Waals surface area contributed by atoms with Crippen LogP contribution >= 0.6 is 0 Å². The van der Waals surface area contributed by atoms with Crippen LogP contribution in [-0.2, 0) is 11.2 Å². The molecule has 0 radical (unpaired) electrons. The van der Waals surface area contributed by atoms with E-state index < -0.39 is 0 Å². The van der Waals surface area contributed by atoms with Gasteiger partial charge in [0.1, 0.15) is 0 Å². The van der Waals surface area contributed by atoms with Crippen LogP contribution in [0.3, 0.4) is 0 Å². The summed E-state index contributed by atoms with van der Waals surface area (Å²) in [5.41, 5.74) is 4.43. The van der Waals surface area contributed by atoms with Gasteiger partial charge in [-0.2, -0.15) is 0 Å². The zero-order chi connectivity index (χ0) is 18.2. The van der Waals surface area contributed by atoms with Gasteiger partial charge in [0.2, 0.25) is 5.91 Å². The predicted octanol–water partition coefficient (Wildman–Crippen LogP) is 5.52. The third-order valence-electron chi connectivity index (χ3n) is 5.36. The molecular weight excluding hydrogens is 330 g/mol. The molecule has 1 aliphatic rings. The van der Waals surface area contributed by atoms with E-state index in [-0.39, 0.29) is 11.9 Å². The summed E-state index contributed by atoms with van der Waals surface area (Å²) in [7, 11) is 0. The number of amides is 1. The molecule has 0 spiro atoms. The highest BCUT2D eigenvalue weighted by Crippen LogP contribution is 2.41. The van der Waals surface area contributed by atoms with E-state index in [1.807, 2.05) is 47.4 Å². The van der Waals surface area contributed by atoms with E-state index in [0.29, 0.717) is 6.42 Å². The fraction of sp³-hybridized carbons (Fsp3) is 0.0800. The molecule has 1 atom stereocenters. The summed E-state index contributed by atoms with van der Waals surface area (Å²) in [5.74, 6) is 0.138. The molecule has 0 aliphatic carbocycles. The van der Waals surface area contributed by atoms with Gasteiger partial charge in [-0.3, -0.25) is 9.69 Å². The van der Waals surface area contributed by atoms with E-state index in [9.17, 15) is 4.79 Å². The Balaban J connectivity index is 1.78. The average molecular weight is 349 g/mol. The van der Waals surface area contributed by atoms with Crippen molar-refractivity contribution in [2.45, 2.75) is 12.5 Å². The van der Waals surface area contributed by atoms with E-state index in [4.69, 9.17) is 0 Å². The van der Waals surface area contributed by atoms with Gasteiger partial charge in [0.05, 0.1) is 18.2 Å². The topological polar surface area (TPSA) is 20.3 Å². The Hall–Kier alpha value is -3.39. The van der Waals surface area contributed by atoms with E-state index in [1.165, 1.54) is 5.56 Å². The van der Waals surface area contributed by atoms with Crippen LogP contribution in [0.25, 0.3) is 10.8 Å². The molecule has 0 fully saturated rings. The number of benzene rings is 4. The molecule has 4 aromatic rings. The molecule has 0 N–H and O–H groups in total. The number of hydrogen-bond acceptors (Lipinski definition) is 1. The van der Waals surface area contributed by atoms with Crippen molar-refractivity contribution in [3.63, 3.8) is 0 Å². The summed E-state index contributed by atoms with van der Waals surface area (Å²) in [4.78, 5) is 15.3. The Morgan fingerprint density at radius 3 is 2.30 bits per heavy atom. The minimum absolute atomic E-state index is 0.116. The molecule has 1 heterocycles. The molecule has 0 saturated heterocycles. The number of carbonyl (C=O) groups excluding carboxylic acids is 1. The lowest BCUT2D eigenvalue weighted by Crippen LogP contribution is -2.41. The molecule has 4 aromatic carbocycles. The van der Waals surface area contributed by atoms with E-state index in [2.05, 4.69) is 54.6 Å². The highest BCUT2D eigenvalue weighted by Gasteiger charge is 2.34. The Labute approximate surface area is 158 Å². The first-order valence-corrected chi connectivity index (χ1v) is 9.25. The zero-order valence-corrected chi connectivity index (χ0v) is 14.9. The maximum Gasteiger partial charge on any atom is 0.232 e. The molecule has 130 valence electrons. The number of anilines is 1. The third kappa shape index (κ3) is 2.61. The maximum absolute atomic E-state index is 13.3. The van der Waals surface area contributed by atoms with Crippen molar-refractivity contribution < 1.29 is 4.79 Å². The number of carbonyl (C=O) groups is 1. The summed E-state index contributed by atoms with van der Waals surface area (Å²) in [5, 5.41) is 2.25. The zero-order valence-electron chi connectivity index (χ0n) is 14.9. The Morgan fingerprint density at radius 2 is 1.41 bits per heavy atom. The maximum atomic E-state index is 13.3. The van der Waals surface area contributed by atoms with Crippen LogP contribution in [0.5, 0.6) is 0 Å². The molecule has 1 amide bonds. The molecular formula is C25H19NO. The van der Waals surface area contributed by atoms with Gasteiger partial charge in [0, 0.05) is 5.39 Å². The third-order valence-corrected chi connectivity index (χ3v) is 5.36. The normalized spacial score (nSPS) is 16.4. The Bertz CT molecular complexity index is 1130. The highest BCUT2D eigenvalue weighted by molar-refractivity contribution is 6.06. The number of nitrogens with zero attached hydrogens (tertiary/aromatic N) is 1. The lowest BCUT2D eigenvalue weighted by atomic mass is 9.87. The fourth-order valence-electron chi connectivity index (χ4n) is 4.15. The molecule has 2 nitrogen and oxygen atoms in total. The van der Waals surface area contributed by atoms with Gasteiger partial charge < -0.3 is 0 Å². The molecule has 1 unspecified atom stereocenters. The minimum atomic E-state index is -0.116. The van der Waals surface area contributed by atoms with Crippen molar-refractivity contribution in [3.05, 3.63) is 114 Å². The van der Waals surface area contributed by atoms with Crippen molar-refractivity contribution in [1.82, 2.24) is 0 Å². The Kier molecular flexibility index (Phi) is 3.75. The van der Waals surface area contributed by atoms with E-state index in [1.54, 1.807) is 0 Å². The van der Waals surface area contributed by atoms with Crippen molar-refractivity contribution in [1.29, 1.82) is 0 Å². The smallest absolute Gasteiger partial charge is 0.232 e. The van der Waals surface area contributed by atoms with Crippen LogP contribution in [0.2, 0.25) is 0 Å². The summed E-state index contributed by atoms with van der Waals surface area (Å²) < 4.78 is 0. The number of fused-ring (bicyclic) bond motifs is 2. The summed E-state index contributed by atoms with van der Waals surface area (Å²) in [6.45, 7) is 0. The van der Waals surface area contributed by atoms with Crippen molar-refractivity contribution in [2.24, 2.45) is 0 Å². The molecule has 0 bridgehead atoms. The molecule has 5 rings (SSSR count). The fourth-order valence-corrected chi connectivity index (χ4v) is 4.15. The standard InChI is InChI=1S/C25H19NO/c27-24-17-20-12-5-7-15-22(20)25(19-10-2-1-3-11-19)26(24)23-16-8-13-18-9-4-6-14-21(18)23/h1-16,25H,17H2. The van der Waals surface area contributed by atoms with Gasteiger partial charge in [-0.1, -0.05) is 91.0 Å². The van der Waals surface area contributed by atoms with Crippen LogP contribution in [0, 0.1) is 0 Å². The summed E-state index contributed by atoms with van der Waals surface area (Å²) in [6.07, 6.45) is 0.433. The number of hydrogen-bond donors (Lipinski definition) is 0. The predicted molar refractivity (Wildman–Crippen MR) is 110 cm³/mol. The summed E-state index contributed by atoms with van der Waals surface area (Å²) >= 11 is 0.